The molecule has 3 heterocycles. The van der Waals surface area contributed by atoms with Crippen LogP contribution >= 0.6 is 0 Å². The number of rotatable bonds is 5. The van der Waals surface area contributed by atoms with Crippen molar-refractivity contribution >= 4 is 40.0 Å². The number of aromatic nitrogens is 3. The van der Waals surface area contributed by atoms with Crippen LogP contribution in [-0.2, 0) is 0 Å². The summed E-state index contributed by atoms with van der Waals surface area (Å²) in [6, 6.07) is 8.97. The van der Waals surface area contributed by atoms with Gasteiger partial charge >= 0.3 is 0 Å². The van der Waals surface area contributed by atoms with Gasteiger partial charge in [0.05, 0.1) is 23.4 Å². The zero-order chi connectivity index (χ0) is 20.0. The van der Waals surface area contributed by atoms with Gasteiger partial charge in [-0.2, -0.15) is 0 Å². The molecule has 1 fully saturated rings. The van der Waals surface area contributed by atoms with Crippen LogP contribution in [0.2, 0.25) is 0 Å². The summed E-state index contributed by atoms with van der Waals surface area (Å²) in [7, 11) is 1.81. The standard InChI is InChI=1S/C20H20N6O3/c1-21-17-9-16(23-13-3-2-4-15-18(13)22-10-29-15)25-19-11(7-8-26(17)19)20(28)24-12-5-6-14(12)27/h2-4,7-10,12,14,21,27H,5-6H2,1H3,(H,23,25)(H,24,28)/t12?,14-/m1/s1. The number of hydrogen-bond donors (Lipinski definition) is 4. The Hall–Kier alpha value is -3.59. The number of aliphatic hydroxyl groups excluding tert-OH is 1. The minimum Gasteiger partial charge on any atom is -0.443 e. The molecule has 0 spiro atoms. The molecule has 0 aliphatic heterocycles. The number of benzene rings is 1. The summed E-state index contributed by atoms with van der Waals surface area (Å²) in [6.45, 7) is 0. The Morgan fingerprint density at radius 2 is 2.21 bits per heavy atom. The SMILES string of the molecule is CNc1cc(Nc2cccc3ocnc23)nc2c(C(=O)NC3CC[C@H]3O)ccn12. The predicted octanol–water partition coefficient (Wildman–Crippen LogP) is 2.51. The summed E-state index contributed by atoms with van der Waals surface area (Å²) in [5.41, 5.74) is 3.09. The van der Waals surface area contributed by atoms with Gasteiger partial charge in [0.15, 0.2) is 17.6 Å². The van der Waals surface area contributed by atoms with Gasteiger partial charge in [0.25, 0.3) is 5.91 Å². The van der Waals surface area contributed by atoms with Crippen molar-refractivity contribution in [2.45, 2.75) is 25.0 Å². The Morgan fingerprint density at radius 3 is 2.97 bits per heavy atom. The number of carbonyl (C=O) groups excluding carboxylic acids is 1. The minimum absolute atomic E-state index is 0.202. The first-order valence-electron chi connectivity index (χ1n) is 9.42. The second-order valence-electron chi connectivity index (χ2n) is 7.05. The molecule has 1 aliphatic rings. The van der Waals surface area contributed by atoms with Crippen LogP contribution in [0.4, 0.5) is 17.3 Å². The Balaban J connectivity index is 1.52. The van der Waals surface area contributed by atoms with Crippen molar-refractivity contribution in [2.75, 3.05) is 17.7 Å². The van der Waals surface area contributed by atoms with E-state index in [9.17, 15) is 9.90 Å². The zero-order valence-electron chi connectivity index (χ0n) is 15.7. The molecular formula is C20H20N6O3. The predicted molar refractivity (Wildman–Crippen MR) is 109 cm³/mol. The fourth-order valence-electron chi connectivity index (χ4n) is 3.53. The van der Waals surface area contributed by atoms with Gasteiger partial charge in [-0.05, 0) is 31.0 Å². The van der Waals surface area contributed by atoms with Gasteiger partial charge in [0.2, 0.25) is 0 Å². The largest absolute Gasteiger partial charge is 0.443 e. The molecule has 5 rings (SSSR count). The van der Waals surface area contributed by atoms with E-state index in [1.165, 1.54) is 6.39 Å². The Kier molecular flexibility index (Phi) is 4.09. The lowest BCUT2D eigenvalue weighted by Crippen LogP contribution is -2.50. The normalized spacial score (nSPS) is 18.6. The van der Waals surface area contributed by atoms with Gasteiger partial charge in [0, 0.05) is 19.3 Å². The second kappa shape index (κ2) is 6.78. The van der Waals surface area contributed by atoms with Crippen LogP contribution in [0.5, 0.6) is 0 Å². The average molecular weight is 392 g/mol. The van der Waals surface area contributed by atoms with E-state index in [2.05, 4.69) is 25.9 Å². The van der Waals surface area contributed by atoms with Crippen molar-refractivity contribution in [3.05, 3.63) is 48.5 Å². The lowest BCUT2D eigenvalue weighted by molar-refractivity contribution is 0.0448. The van der Waals surface area contributed by atoms with Crippen LogP contribution in [0.1, 0.15) is 23.2 Å². The Bertz CT molecular complexity index is 1210. The molecule has 1 unspecified atom stereocenters. The molecule has 2 atom stereocenters. The van der Waals surface area contributed by atoms with Crippen LogP contribution in [0.25, 0.3) is 16.7 Å². The van der Waals surface area contributed by atoms with Gasteiger partial charge in [-0.3, -0.25) is 9.20 Å². The van der Waals surface area contributed by atoms with Crippen LogP contribution in [-0.4, -0.2) is 44.6 Å². The summed E-state index contributed by atoms with van der Waals surface area (Å²) >= 11 is 0. The third-order valence-corrected chi connectivity index (χ3v) is 5.30. The maximum atomic E-state index is 12.7. The van der Waals surface area contributed by atoms with E-state index in [0.29, 0.717) is 34.5 Å². The van der Waals surface area contributed by atoms with Gasteiger partial charge in [-0.1, -0.05) is 6.07 Å². The summed E-state index contributed by atoms with van der Waals surface area (Å²) in [5.74, 6) is 1.09. The van der Waals surface area contributed by atoms with E-state index in [1.54, 1.807) is 19.3 Å². The highest BCUT2D eigenvalue weighted by molar-refractivity contribution is 6.01. The molecule has 29 heavy (non-hydrogen) atoms. The molecule has 0 radical (unpaired) electrons. The first kappa shape index (κ1) is 17.5. The first-order valence-corrected chi connectivity index (χ1v) is 9.42. The molecule has 4 aromatic rings. The number of aliphatic hydroxyl groups is 1. The second-order valence-corrected chi connectivity index (χ2v) is 7.05. The monoisotopic (exact) mass is 392 g/mol. The lowest BCUT2D eigenvalue weighted by atomic mass is 9.89. The maximum absolute atomic E-state index is 12.7. The first-order chi connectivity index (χ1) is 14.1. The molecule has 9 heteroatoms. The van der Waals surface area contributed by atoms with E-state index in [0.717, 1.165) is 17.9 Å². The number of oxazole rings is 1. The van der Waals surface area contributed by atoms with Gasteiger partial charge in [-0.15, -0.1) is 0 Å². The number of anilines is 3. The molecule has 4 N–H and O–H groups in total. The number of para-hydroxylation sites is 1. The highest BCUT2D eigenvalue weighted by atomic mass is 16.3. The number of fused-ring (bicyclic) bond motifs is 2. The minimum atomic E-state index is -0.478. The third-order valence-electron chi connectivity index (χ3n) is 5.30. The van der Waals surface area contributed by atoms with Crippen molar-refractivity contribution in [2.24, 2.45) is 0 Å². The molecule has 9 nitrogen and oxygen atoms in total. The fraction of sp³-hybridized carbons (Fsp3) is 0.250. The van der Waals surface area contributed by atoms with Crippen LogP contribution in [0.3, 0.4) is 0 Å². The number of hydrogen-bond acceptors (Lipinski definition) is 7. The molecule has 1 amide bonds. The van der Waals surface area contributed by atoms with E-state index < -0.39 is 6.10 Å². The fourth-order valence-corrected chi connectivity index (χ4v) is 3.53. The zero-order valence-corrected chi connectivity index (χ0v) is 15.7. The summed E-state index contributed by atoms with van der Waals surface area (Å²) in [4.78, 5) is 21.6. The molecule has 3 aromatic heterocycles. The highest BCUT2D eigenvalue weighted by Gasteiger charge is 2.31. The maximum Gasteiger partial charge on any atom is 0.255 e. The molecular weight excluding hydrogens is 372 g/mol. The van der Waals surface area contributed by atoms with Gasteiger partial charge in [0.1, 0.15) is 17.2 Å². The van der Waals surface area contributed by atoms with E-state index in [1.807, 2.05) is 28.7 Å². The van der Waals surface area contributed by atoms with Crippen molar-refractivity contribution in [3.8, 4) is 0 Å². The van der Waals surface area contributed by atoms with Crippen molar-refractivity contribution in [1.29, 1.82) is 0 Å². The topological polar surface area (TPSA) is 117 Å². The average Bonchev–Trinajstić information content (AvgIpc) is 3.37. The molecule has 148 valence electrons. The smallest absolute Gasteiger partial charge is 0.255 e. The van der Waals surface area contributed by atoms with E-state index in [4.69, 9.17) is 4.42 Å². The van der Waals surface area contributed by atoms with Crippen molar-refractivity contribution in [1.82, 2.24) is 19.7 Å². The Labute approximate surface area is 165 Å². The summed E-state index contributed by atoms with van der Waals surface area (Å²) < 4.78 is 7.16. The van der Waals surface area contributed by atoms with Crippen molar-refractivity contribution in [3.63, 3.8) is 0 Å². The van der Waals surface area contributed by atoms with Crippen molar-refractivity contribution < 1.29 is 14.3 Å². The van der Waals surface area contributed by atoms with Crippen LogP contribution in [0, 0.1) is 0 Å². The molecule has 0 saturated heterocycles. The summed E-state index contributed by atoms with van der Waals surface area (Å²) in [6.07, 6.45) is 4.21. The quantitative estimate of drug-likeness (QED) is 0.412. The van der Waals surface area contributed by atoms with E-state index in [-0.39, 0.29) is 11.9 Å². The van der Waals surface area contributed by atoms with E-state index >= 15 is 0 Å². The van der Waals surface area contributed by atoms with Gasteiger partial charge < -0.3 is 25.5 Å². The summed E-state index contributed by atoms with van der Waals surface area (Å²) in [5, 5.41) is 19.0. The number of nitrogens with zero attached hydrogens (tertiary/aromatic N) is 3. The lowest BCUT2D eigenvalue weighted by Gasteiger charge is -2.32. The number of nitrogens with one attached hydrogen (secondary N) is 3. The van der Waals surface area contributed by atoms with Crippen LogP contribution in [0.15, 0.2) is 47.3 Å². The molecule has 1 aliphatic carbocycles. The molecule has 1 saturated carbocycles. The third kappa shape index (κ3) is 2.95. The van der Waals surface area contributed by atoms with Crippen LogP contribution < -0.4 is 16.0 Å². The molecule has 1 aromatic carbocycles. The van der Waals surface area contributed by atoms with Gasteiger partial charge in [-0.25, -0.2) is 9.97 Å². The number of amides is 1. The Morgan fingerprint density at radius 1 is 1.31 bits per heavy atom. The molecule has 0 bridgehead atoms. The highest BCUT2D eigenvalue weighted by Crippen LogP contribution is 2.27. The number of carbonyl (C=O) groups is 1.